The quantitative estimate of drug-likeness (QED) is 0.634. The van der Waals surface area contributed by atoms with Crippen molar-refractivity contribution in [3.63, 3.8) is 0 Å². The van der Waals surface area contributed by atoms with Crippen LogP contribution in [0.1, 0.15) is 6.42 Å². The normalized spacial score (nSPS) is 17.7. The minimum atomic E-state index is -4.20. The highest BCUT2D eigenvalue weighted by Crippen LogP contribution is 2.31. The standard InChI is InChI=1S/C20H17F2N3O4S2/c1-2-11-25-19(27)17(12-18(26)23-15-7-3-13(21)4-8-15)30-20(25)24-31(28,29)16-9-5-14(22)6-10-16/h2-10,17H,1,11-12H2,(H,23,26). The van der Waals surface area contributed by atoms with Gasteiger partial charge in [0.15, 0.2) is 5.17 Å². The van der Waals surface area contributed by atoms with E-state index in [0.717, 1.165) is 40.9 Å². The second-order valence-electron chi connectivity index (χ2n) is 6.41. The predicted octanol–water partition coefficient (Wildman–Crippen LogP) is 3.17. The highest BCUT2D eigenvalue weighted by molar-refractivity contribution is 8.16. The molecular formula is C20H17F2N3O4S2. The molecule has 11 heteroatoms. The molecule has 1 aliphatic rings. The van der Waals surface area contributed by atoms with Crippen molar-refractivity contribution in [3.8, 4) is 0 Å². The number of carbonyl (C=O) groups is 2. The molecule has 0 radical (unpaired) electrons. The first-order valence-electron chi connectivity index (χ1n) is 8.94. The molecule has 0 aliphatic carbocycles. The summed E-state index contributed by atoms with van der Waals surface area (Å²) in [5, 5.41) is 1.55. The van der Waals surface area contributed by atoms with Crippen molar-refractivity contribution >= 4 is 44.5 Å². The van der Waals surface area contributed by atoms with Gasteiger partial charge in [-0.1, -0.05) is 17.8 Å². The Morgan fingerprint density at radius 3 is 2.29 bits per heavy atom. The summed E-state index contributed by atoms with van der Waals surface area (Å²) in [6, 6.07) is 9.24. The number of thioether (sulfide) groups is 1. The lowest BCUT2D eigenvalue weighted by molar-refractivity contribution is -0.127. The van der Waals surface area contributed by atoms with E-state index >= 15 is 0 Å². The fraction of sp³-hybridized carbons (Fsp3) is 0.150. The second-order valence-corrected chi connectivity index (χ2v) is 9.18. The molecule has 2 aromatic carbocycles. The van der Waals surface area contributed by atoms with Crippen LogP contribution in [0.2, 0.25) is 0 Å². The predicted molar refractivity (Wildman–Crippen MR) is 114 cm³/mol. The van der Waals surface area contributed by atoms with Gasteiger partial charge in [-0.2, -0.15) is 8.42 Å². The van der Waals surface area contributed by atoms with Crippen LogP contribution in [0.25, 0.3) is 0 Å². The fourth-order valence-corrected chi connectivity index (χ4v) is 5.05. The summed E-state index contributed by atoms with van der Waals surface area (Å²) in [5.41, 5.74) is 0.359. The van der Waals surface area contributed by atoms with Gasteiger partial charge in [0.2, 0.25) is 11.8 Å². The average Bonchev–Trinajstić information content (AvgIpc) is 2.98. The summed E-state index contributed by atoms with van der Waals surface area (Å²) in [5.74, 6) is -2.05. The molecule has 3 rings (SSSR count). The number of amides is 2. The lowest BCUT2D eigenvalue weighted by atomic mass is 10.2. The molecule has 0 bridgehead atoms. The zero-order valence-corrected chi connectivity index (χ0v) is 17.6. The summed E-state index contributed by atoms with van der Waals surface area (Å²) >= 11 is 0.837. The van der Waals surface area contributed by atoms with Gasteiger partial charge in [-0.05, 0) is 48.5 Å². The topological polar surface area (TPSA) is 95.9 Å². The second kappa shape index (κ2) is 9.40. The zero-order chi connectivity index (χ0) is 22.6. The van der Waals surface area contributed by atoms with Crippen LogP contribution in [0, 0.1) is 11.6 Å². The molecule has 1 unspecified atom stereocenters. The van der Waals surface area contributed by atoms with Gasteiger partial charge in [0, 0.05) is 18.7 Å². The van der Waals surface area contributed by atoms with Crippen LogP contribution in [0.3, 0.4) is 0 Å². The Labute approximate surface area is 181 Å². The Bertz CT molecular complexity index is 1130. The van der Waals surface area contributed by atoms with Crippen LogP contribution >= 0.6 is 11.8 Å². The third-order valence-corrected chi connectivity index (χ3v) is 6.71. The zero-order valence-electron chi connectivity index (χ0n) is 16.0. The number of nitrogens with one attached hydrogen (secondary N) is 1. The summed E-state index contributed by atoms with van der Waals surface area (Å²) in [7, 11) is -4.20. The van der Waals surface area contributed by atoms with Crippen molar-refractivity contribution in [3.05, 3.63) is 72.8 Å². The highest BCUT2D eigenvalue weighted by Gasteiger charge is 2.39. The van der Waals surface area contributed by atoms with Crippen molar-refractivity contribution in [1.29, 1.82) is 0 Å². The van der Waals surface area contributed by atoms with Crippen molar-refractivity contribution in [2.75, 3.05) is 11.9 Å². The Morgan fingerprint density at radius 1 is 1.13 bits per heavy atom. The van der Waals surface area contributed by atoms with E-state index in [1.807, 2.05) is 0 Å². The number of amidine groups is 1. The van der Waals surface area contributed by atoms with Gasteiger partial charge in [-0.3, -0.25) is 14.5 Å². The minimum absolute atomic E-state index is 0.000312. The van der Waals surface area contributed by atoms with Gasteiger partial charge in [-0.15, -0.1) is 11.0 Å². The van der Waals surface area contributed by atoms with Crippen molar-refractivity contribution in [1.82, 2.24) is 4.90 Å². The molecule has 2 amide bonds. The molecule has 31 heavy (non-hydrogen) atoms. The summed E-state index contributed by atoms with van der Waals surface area (Å²) in [6.07, 6.45) is 1.16. The molecule has 1 atom stereocenters. The maximum atomic E-state index is 13.1. The van der Waals surface area contributed by atoms with Crippen LogP contribution < -0.4 is 5.32 Å². The van der Waals surface area contributed by atoms with E-state index in [1.165, 1.54) is 30.3 Å². The van der Waals surface area contributed by atoms with E-state index in [0.29, 0.717) is 5.69 Å². The summed E-state index contributed by atoms with van der Waals surface area (Å²) < 4.78 is 54.9. The SMILES string of the molecule is C=CCN1C(=O)C(CC(=O)Nc2ccc(F)cc2)SC1=NS(=O)(=O)c1ccc(F)cc1. The van der Waals surface area contributed by atoms with E-state index in [-0.39, 0.29) is 23.0 Å². The third-order valence-electron chi connectivity index (χ3n) is 4.14. The molecular weight excluding hydrogens is 448 g/mol. The van der Waals surface area contributed by atoms with Gasteiger partial charge in [-0.25, -0.2) is 8.78 Å². The maximum absolute atomic E-state index is 13.1. The number of nitrogens with zero attached hydrogens (tertiary/aromatic N) is 2. The van der Waals surface area contributed by atoms with Crippen LogP contribution in [-0.2, 0) is 19.6 Å². The Balaban J connectivity index is 1.78. The van der Waals surface area contributed by atoms with Gasteiger partial charge < -0.3 is 5.32 Å². The molecule has 1 fully saturated rings. The van der Waals surface area contributed by atoms with E-state index in [2.05, 4.69) is 16.3 Å². The minimum Gasteiger partial charge on any atom is -0.326 e. The molecule has 1 N–H and O–H groups in total. The molecule has 1 saturated heterocycles. The number of hydrogen-bond donors (Lipinski definition) is 1. The van der Waals surface area contributed by atoms with Crippen molar-refractivity contribution < 1.29 is 26.8 Å². The van der Waals surface area contributed by atoms with Crippen LogP contribution in [-0.4, -0.2) is 42.1 Å². The van der Waals surface area contributed by atoms with Crippen molar-refractivity contribution in [2.24, 2.45) is 4.40 Å². The first-order valence-corrected chi connectivity index (χ1v) is 11.3. The van der Waals surface area contributed by atoms with Crippen LogP contribution in [0.5, 0.6) is 0 Å². The largest absolute Gasteiger partial charge is 0.326 e. The number of rotatable bonds is 7. The number of anilines is 1. The Hall–Kier alpha value is -3.05. The Morgan fingerprint density at radius 2 is 1.71 bits per heavy atom. The molecule has 1 heterocycles. The number of benzene rings is 2. The van der Waals surface area contributed by atoms with E-state index < -0.39 is 38.7 Å². The van der Waals surface area contributed by atoms with Crippen LogP contribution in [0.15, 0.2) is 70.5 Å². The van der Waals surface area contributed by atoms with Crippen LogP contribution in [0.4, 0.5) is 14.5 Å². The lowest BCUT2D eigenvalue weighted by Gasteiger charge is -2.13. The molecule has 2 aromatic rings. The van der Waals surface area contributed by atoms with Gasteiger partial charge >= 0.3 is 0 Å². The Kier molecular flexibility index (Phi) is 6.86. The van der Waals surface area contributed by atoms with E-state index in [4.69, 9.17) is 0 Å². The molecule has 162 valence electrons. The van der Waals surface area contributed by atoms with Gasteiger partial charge in [0.1, 0.15) is 16.9 Å². The summed E-state index contributed by atoms with van der Waals surface area (Å²) in [4.78, 5) is 25.9. The smallest absolute Gasteiger partial charge is 0.284 e. The molecule has 7 nitrogen and oxygen atoms in total. The number of halogens is 2. The monoisotopic (exact) mass is 465 g/mol. The summed E-state index contributed by atoms with van der Waals surface area (Å²) in [6.45, 7) is 3.55. The highest BCUT2D eigenvalue weighted by atomic mass is 32.2. The average molecular weight is 466 g/mol. The van der Waals surface area contributed by atoms with E-state index in [9.17, 15) is 26.8 Å². The molecule has 0 spiro atoms. The number of sulfonamides is 1. The van der Waals surface area contributed by atoms with Crippen molar-refractivity contribution in [2.45, 2.75) is 16.6 Å². The fourth-order valence-electron chi connectivity index (χ4n) is 2.68. The van der Waals surface area contributed by atoms with Gasteiger partial charge in [0.05, 0.1) is 4.90 Å². The molecule has 0 saturated carbocycles. The maximum Gasteiger partial charge on any atom is 0.284 e. The molecule has 0 aromatic heterocycles. The number of carbonyl (C=O) groups excluding carboxylic acids is 2. The third kappa shape index (κ3) is 5.56. The number of hydrogen-bond acceptors (Lipinski definition) is 5. The first kappa shape index (κ1) is 22.6. The van der Waals surface area contributed by atoms with E-state index in [1.54, 1.807) is 0 Å². The van der Waals surface area contributed by atoms with Gasteiger partial charge in [0.25, 0.3) is 10.0 Å². The molecule has 1 aliphatic heterocycles. The lowest BCUT2D eigenvalue weighted by Crippen LogP contribution is -2.33. The first-order chi connectivity index (χ1) is 14.7.